The minimum Gasteiger partial charge on any atom is -0.324 e. The number of imide groups is 1. The van der Waals surface area contributed by atoms with Gasteiger partial charge in [-0.3, -0.25) is 24.1 Å². The summed E-state index contributed by atoms with van der Waals surface area (Å²) in [5, 5.41) is 2.83. The molecule has 3 aliphatic rings. The molecule has 3 heterocycles. The van der Waals surface area contributed by atoms with E-state index in [-0.39, 0.29) is 18.4 Å². The van der Waals surface area contributed by atoms with Crippen LogP contribution in [0.15, 0.2) is 83.3 Å². The molecule has 2 saturated heterocycles. The van der Waals surface area contributed by atoms with Crippen LogP contribution in [-0.2, 0) is 20.9 Å². The van der Waals surface area contributed by atoms with Crippen molar-refractivity contribution in [3.8, 4) is 0 Å². The van der Waals surface area contributed by atoms with Crippen molar-refractivity contribution in [1.82, 2.24) is 9.80 Å². The highest BCUT2D eigenvalue weighted by molar-refractivity contribution is 9.10. The van der Waals surface area contributed by atoms with E-state index in [1.807, 2.05) is 54.6 Å². The summed E-state index contributed by atoms with van der Waals surface area (Å²) in [6.07, 6.45) is 0. The molecule has 4 atom stereocenters. The standard InChI is InChI=1S/C27H20BrN3O4/c28-17-10-6-9-16(13-17)22-20-21(27(35)30(26(20)34)14-15-7-2-1-3-8-15)23-24(32)29-19-12-5-4-11-18(19)25(33)31(22)23/h1-13,20-23H,14H2,(H,29,32). The monoisotopic (exact) mass is 529 g/mol. The molecule has 0 radical (unpaired) electrons. The van der Waals surface area contributed by atoms with Crippen molar-refractivity contribution >= 4 is 45.2 Å². The summed E-state index contributed by atoms with van der Waals surface area (Å²) in [6, 6.07) is 21.5. The van der Waals surface area contributed by atoms with Crippen LogP contribution in [0.5, 0.6) is 0 Å². The zero-order valence-corrected chi connectivity index (χ0v) is 20.0. The fourth-order valence-corrected chi connectivity index (χ4v) is 6.02. The predicted octanol–water partition coefficient (Wildman–Crippen LogP) is 3.77. The average Bonchev–Trinajstić information content (AvgIpc) is 3.30. The lowest BCUT2D eigenvalue weighted by Gasteiger charge is -2.31. The average molecular weight is 530 g/mol. The molecule has 0 saturated carbocycles. The highest BCUT2D eigenvalue weighted by Crippen LogP contribution is 2.52. The van der Waals surface area contributed by atoms with Crippen molar-refractivity contribution in [3.63, 3.8) is 0 Å². The Morgan fingerprint density at radius 1 is 0.771 bits per heavy atom. The van der Waals surface area contributed by atoms with E-state index in [0.29, 0.717) is 16.8 Å². The second kappa shape index (κ2) is 8.16. The first-order valence-corrected chi connectivity index (χ1v) is 12.1. The third-order valence-corrected chi connectivity index (χ3v) is 7.55. The Bertz CT molecular complexity index is 1390. The Balaban J connectivity index is 1.50. The Morgan fingerprint density at radius 2 is 1.46 bits per heavy atom. The SMILES string of the molecule is O=C1Nc2ccccc2C(=O)N2C1C1C(=O)N(Cc3ccccc3)C(=O)C1C2c1cccc(Br)c1. The summed E-state index contributed by atoms with van der Waals surface area (Å²) < 4.78 is 0.778. The summed E-state index contributed by atoms with van der Waals surface area (Å²) in [5.74, 6) is -3.45. The second-order valence-corrected chi connectivity index (χ2v) is 9.91. The van der Waals surface area contributed by atoms with Crippen LogP contribution in [0.2, 0.25) is 0 Å². The molecule has 3 aromatic rings. The molecular formula is C27H20BrN3O4. The van der Waals surface area contributed by atoms with E-state index in [0.717, 1.165) is 10.0 Å². The van der Waals surface area contributed by atoms with Gasteiger partial charge in [-0.2, -0.15) is 0 Å². The quantitative estimate of drug-likeness (QED) is 0.523. The van der Waals surface area contributed by atoms with Gasteiger partial charge in [-0.05, 0) is 35.4 Å². The van der Waals surface area contributed by atoms with Crippen LogP contribution in [0.3, 0.4) is 0 Å². The first kappa shape index (κ1) is 21.7. The van der Waals surface area contributed by atoms with Crippen LogP contribution in [0, 0.1) is 11.8 Å². The lowest BCUT2D eigenvalue weighted by molar-refractivity contribution is -0.143. The zero-order chi connectivity index (χ0) is 24.3. The van der Waals surface area contributed by atoms with E-state index in [1.165, 1.54) is 9.80 Å². The van der Waals surface area contributed by atoms with Crippen LogP contribution in [0.4, 0.5) is 5.69 Å². The number of anilines is 1. The van der Waals surface area contributed by atoms with E-state index in [2.05, 4.69) is 21.2 Å². The first-order chi connectivity index (χ1) is 17.0. The van der Waals surface area contributed by atoms with Gasteiger partial charge < -0.3 is 10.2 Å². The number of hydrogen-bond acceptors (Lipinski definition) is 4. The normalized spacial score (nSPS) is 25.2. The number of amides is 4. The Morgan fingerprint density at radius 3 is 2.20 bits per heavy atom. The molecular weight excluding hydrogens is 510 g/mol. The molecule has 0 bridgehead atoms. The summed E-state index contributed by atoms with van der Waals surface area (Å²) in [4.78, 5) is 57.5. The van der Waals surface area contributed by atoms with Crippen molar-refractivity contribution < 1.29 is 19.2 Å². The third-order valence-electron chi connectivity index (χ3n) is 7.06. The van der Waals surface area contributed by atoms with Crippen molar-refractivity contribution in [2.24, 2.45) is 11.8 Å². The molecule has 35 heavy (non-hydrogen) atoms. The lowest BCUT2D eigenvalue weighted by Crippen LogP contribution is -2.48. The van der Waals surface area contributed by atoms with Crippen molar-refractivity contribution in [2.45, 2.75) is 18.6 Å². The number of nitrogens with zero attached hydrogens (tertiary/aromatic N) is 2. The lowest BCUT2D eigenvalue weighted by atomic mass is 9.86. The molecule has 0 aliphatic carbocycles. The molecule has 3 aromatic carbocycles. The minimum absolute atomic E-state index is 0.124. The van der Waals surface area contributed by atoms with Gasteiger partial charge in [-0.15, -0.1) is 0 Å². The van der Waals surface area contributed by atoms with Gasteiger partial charge in [-0.1, -0.05) is 70.5 Å². The number of likely N-dealkylation sites (tertiary alicyclic amines) is 1. The summed E-state index contributed by atoms with van der Waals surface area (Å²) in [5.41, 5.74) is 2.25. The summed E-state index contributed by atoms with van der Waals surface area (Å²) in [6.45, 7) is 0.124. The Kier molecular flexibility index (Phi) is 5.07. The Labute approximate surface area is 209 Å². The van der Waals surface area contributed by atoms with Crippen LogP contribution in [-0.4, -0.2) is 39.5 Å². The predicted molar refractivity (Wildman–Crippen MR) is 131 cm³/mol. The van der Waals surface area contributed by atoms with E-state index < -0.39 is 35.7 Å². The molecule has 3 aliphatic heterocycles. The second-order valence-electron chi connectivity index (χ2n) is 8.99. The van der Waals surface area contributed by atoms with Gasteiger partial charge in [0, 0.05) is 4.47 Å². The van der Waals surface area contributed by atoms with Crippen LogP contribution in [0.1, 0.15) is 27.5 Å². The topological polar surface area (TPSA) is 86.8 Å². The fourth-order valence-electron chi connectivity index (χ4n) is 5.60. The molecule has 4 unspecified atom stereocenters. The third kappa shape index (κ3) is 3.31. The largest absolute Gasteiger partial charge is 0.324 e. The first-order valence-electron chi connectivity index (χ1n) is 11.3. The molecule has 0 spiro atoms. The number of carbonyl (C=O) groups is 4. The van der Waals surface area contributed by atoms with E-state index in [9.17, 15) is 19.2 Å². The van der Waals surface area contributed by atoms with E-state index in [1.54, 1.807) is 24.3 Å². The van der Waals surface area contributed by atoms with Crippen molar-refractivity contribution in [2.75, 3.05) is 5.32 Å². The summed E-state index contributed by atoms with van der Waals surface area (Å²) in [7, 11) is 0. The maximum Gasteiger partial charge on any atom is 0.257 e. The zero-order valence-electron chi connectivity index (χ0n) is 18.4. The number of benzene rings is 3. The Hall–Kier alpha value is -3.78. The van der Waals surface area contributed by atoms with Gasteiger partial charge in [0.2, 0.25) is 17.7 Å². The van der Waals surface area contributed by atoms with E-state index in [4.69, 9.17) is 0 Å². The minimum atomic E-state index is -1.10. The van der Waals surface area contributed by atoms with Crippen molar-refractivity contribution in [3.05, 3.63) is 100 Å². The van der Waals surface area contributed by atoms with Crippen LogP contribution in [0.25, 0.3) is 0 Å². The van der Waals surface area contributed by atoms with Gasteiger partial charge in [0.25, 0.3) is 5.91 Å². The van der Waals surface area contributed by atoms with Gasteiger partial charge in [0.05, 0.1) is 35.7 Å². The number of fused-ring (bicyclic) bond motifs is 4. The van der Waals surface area contributed by atoms with E-state index >= 15 is 0 Å². The number of halogens is 1. The van der Waals surface area contributed by atoms with Crippen LogP contribution < -0.4 is 5.32 Å². The smallest absolute Gasteiger partial charge is 0.257 e. The van der Waals surface area contributed by atoms with Gasteiger partial charge in [0.15, 0.2) is 0 Å². The molecule has 0 aromatic heterocycles. The number of nitrogens with one attached hydrogen (secondary N) is 1. The van der Waals surface area contributed by atoms with Gasteiger partial charge in [-0.25, -0.2) is 0 Å². The fraction of sp³-hybridized carbons (Fsp3) is 0.185. The molecule has 6 rings (SSSR count). The van der Waals surface area contributed by atoms with Crippen molar-refractivity contribution in [1.29, 1.82) is 0 Å². The number of para-hydroxylation sites is 1. The highest BCUT2D eigenvalue weighted by atomic mass is 79.9. The number of carbonyl (C=O) groups excluding carboxylic acids is 4. The molecule has 7 nitrogen and oxygen atoms in total. The maximum absolute atomic E-state index is 13.8. The summed E-state index contributed by atoms with van der Waals surface area (Å²) >= 11 is 3.48. The molecule has 1 N–H and O–H groups in total. The highest BCUT2D eigenvalue weighted by Gasteiger charge is 2.66. The van der Waals surface area contributed by atoms with Gasteiger partial charge >= 0.3 is 0 Å². The molecule has 174 valence electrons. The van der Waals surface area contributed by atoms with Crippen LogP contribution >= 0.6 is 15.9 Å². The molecule has 8 heteroatoms. The molecule has 2 fully saturated rings. The molecule has 4 amide bonds. The number of rotatable bonds is 3. The maximum atomic E-state index is 13.8. The number of hydrogen-bond donors (Lipinski definition) is 1. The van der Waals surface area contributed by atoms with Gasteiger partial charge in [0.1, 0.15) is 6.04 Å².